The lowest BCUT2D eigenvalue weighted by Gasteiger charge is -2.41. The number of alkyl halides is 1. The molecule has 2 atom stereocenters. The van der Waals surface area contributed by atoms with E-state index in [9.17, 15) is 0 Å². The van der Waals surface area contributed by atoms with Gasteiger partial charge in [-0.05, 0) is 18.9 Å². The summed E-state index contributed by atoms with van der Waals surface area (Å²) in [4.78, 5) is 6.44. The van der Waals surface area contributed by atoms with Crippen LogP contribution in [-0.2, 0) is 10.4 Å². The molecule has 1 aromatic carbocycles. The Hall–Kier alpha value is -1.32. The van der Waals surface area contributed by atoms with Crippen molar-refractivity contribution in [2.75, 3.05) is 0 Å². The monoisotopic (exact) mass is 263 g/mol. The number of nitrogens with one attached hydrogen (secondary N) is 1. The lowest BCUT2D eigenvalue weighted by atomic mass is 9.76. The number of halogens is 1. The van der Waals surface area contributed by atoms with Crippen molar-refractivity contribution in [1.82, 2.24) is 9.97 Å². The van der Waals surface area contributed by atoms with Crippen molar-refractivity contribution in [2.45, 2.75) is 30.7 Å². The largest absolute Gasteiger partial charge is 0.347 e. The number of H-pyrrole nitrogens is 1. The van der Waals surface area contributed by atoms with E-state index in [-0.39, 0.29) is 0 Å². The van der Waals surface area contributed by atoms with Crippen LogP contribution in [0.1, 0.15) is 31.5 Å². The van der Waals surface area contributed by atoms with Gasteiger partial charge in [-0.15, -0.1) is 11.6 Å². The maximum absolute atomic E-state index is 6.86. The highest BCUT2D eigenvalue weighted by Crippen LogP contribution is 2.45. The van der Waals surface area contributed by atoms with E-state index < -0.39 is 10.4 Å². The van der Waals surface area contributed by atoms with E-state index >= 15 is 0 Å². The predicted octanol–water partition coefficient (Wildman–Crippen LogP) is 3.13. The number of nitrogens with zero attached hydrogens (tertiary/aromatic N) is 1. The quantitative estimate of drug-likeness (QED) is 0.833. The van der Waals surface area contributed by atoms with E-state index in [1.807, 2.05) is 44.2 Å². The Morgan fingerprint density at radius 3 is 2.50 bits per heavy atom. The van der Waals surface area contributed by atoms with E-state index in [4.69, 9.17) is 17.3 Å². The second-order valence-corrected chi connectivity index (χ2v) is 5.33. The van der Waals surface area contributed by atoms with Crippen LogP contribution in [0.5, 0.6) is 0 Å². The fourth-order valence-corrected chi connectivity index (χ4v) is 2.55. The highest BCUT2D eigenvalue weighted by atomic mass is 35.5. The summed E-state index contributed by atoms with van der Waals surface area (Å²) in [6, 6.07) is 9.95. The zero-order chi connectivity index (χ0) is 13.2. The standard InChI is InChI=1S/C14H18ClN3/c1-3-14(15,11-7-5-4-6-8-11)13(2,16)12-9-17-10-18-12/h4-10H,3,16H2,1-2H3,(H,17,18). The molecule has 1 aromatic heterocycles. The van der Waals surface area contributed by atoms with E-state index in [0.717, 1.165) is 17.7 Å². The Morgan fingerprint density at radius 1 is 1.33 bits per heavy atom. The molecule has 2 rings (SSSR count). The minimum atomic E-state index is -0.721. The Kier molecular flexibility index (Phi) is 3.46. The second-order valence-electron chi connectivity index (χ2n) is 4.69. The number of aromatic amines is 1. The third-order valence-corrected chi connectivity index (χ3v) is 4.48. The Balaban J connectivity index is 2.51. The first kappa shape index (κ1) is 13.1. The molecule has 0 bridgehead atoms. The Labute approximate surface area is 112 Å². The number of aromatic nitrogens is 2. The van der Waals surface area contributed by atoms with E-state index in [0.29, 0.717) is 0 Å². The predicted molar refractivity (Wildman–Crippen MR) is 74.4 cm³/mol. The van der Waals surface area contributed by atoms with Gasteiger partial charge in [0.15, 0.2) is 0 Å². The molecule has 4 heteroatoms. The van der Waals surface area contributed by atoms with Gasteiger partial charge in [-0.3, -0.25) is 0 Å². The minimum absolute atomic E-state index is 0.666. The van der Waals surface area contributed by atoms with Gasteiger partial charge in [-0.2, -0.15) is 0 Å². The molecule has 0 spiro atoms. The van der Waals surface area contributed by atoms with Gasteiger partial charge in [0.25, 0.3) is 0 Å². The molecule has 0 aliphatic rings. The van der Waals surface area contributed by atoms with Crippen LogP contribution in [-0.4, -0.2) is 9.97 Å². The summed E-state index contributed by atoms with van der Waals surface area (Å²) in [5.41, 5.74) is 7.64. The summed E-state index contributed by atoms with van der Waals surface area (Å²) >= 11 is 6.86. The van der Waals surface area contributed by atoms with Crippen LogP contribution in [0, 0.1) is 0 Å². The Bertz CT molecular complexity index is 493. The molecular weight excluding hydrogens is 246 g/mol. The van der Waals surface area contributed by atoms with Gasteiger partial charge in [0.2, 0.25) is 0 Å². The smallest absolute Gasteiger partial charge is 0.0925 e. The molecule has 3 N–H and O–H groups in total. The molecule has 0 aliphatic carbocycles. The van der Waals surface area contributed by atoms with Crippen molar-refractivity contribution in [3.63, 3.8) is 0 Å². The third kappa shape index (κ3) is 1.93. The number of nitrogens with two attached hydrogens (primary N) is 1. The van der Waals surface area contributed by atoms with Crippen LogP contribution in [0.25, 0.3) is 0 Å². The zero-order valence-electron chi connectivity index (χ0n) is 10.7. The molecule has 2 unspecified atom stereocenters. The number of hydrogen-bond acceptors (Lipinski definition) is 2. The highest BCUT2D eigenvalue weighted by molar-refractivity contribution is 6.25. The normalized spacial score (nSPS) is 18.0. The number of benzene rings is 1. The SMILES string of the molecule is CCC(Cl)(c1ccccc1)C(C)(N)c1cnc[nH]1. The van der Waals surface area contributed by atoms with E-state index in [2.05, 4.69) is 9.97 Å². The first-order valence-electron chi connectivity index (χ1n) is 6.04. The van der Waals surface area contributed by atoms with Crippen molar-refractivity contribution < 1.29 is 0 Å². The molecule has 1 heterocycles. The molecule has 96 valence electrons. The van der Waals surface area contributed by atoms with Crippen LogP contribution in [0.3, 0.4) is 0 Å². The second kappa shape index (κ2) is 4.75. The number of imidazole rings is 1. The maximum Gasteiger partial charge on any atom is 0.0925 e. The first-order chi connectivity index (χ1) is 8.52. The topological polar surface area (TPSA) is 54.7 Å². The van der Waals surface area contributed by atoms with Gasteiger partial charge in [0, 0.05) is 6.20 Å². The molecule has 0 fully saturated rings. The van der Waals surface area contributed by atoms with Crippen molar-refractivity contribution >= 4 is 11.6 Å². The zero-order valence-corrected chi connectivity index (χ0v) is 11.4. The summed E-state index contributed by atoms with van der Waals surface area (Å²) in [5, 5.41) is 0. The molecule has 2 aromatic rings. The van der Waals surface area contributed by atoms with Crippen molar-refractivity contribution in [1.29, 1.82) is 0 Å². The van der Waals surface area contributed by atoms with Crippen LogP contribution in [0.2, 0.25) is 0 Å². The molecule has 3 nitrogen and oxygen atoms in total. The fraction of sp³-hybridized carbons (Fsp3) is 0.357. The summed E-state index contributed by atoms with van der Waals surface area (Å²) in [6.45, 7) is 3.98. The van der Waals surface area contributed by atoms with E-state index in [1.54, 1.807) is 12.5 Å². The average molecular weight is 264 g/mol. The molecule has 0 aliphatic heterocycles. The molecule has 0 saturated heterocycles. The van der Waals surface area contributed by atoms with Gasteiger partial charge in [-0.1, -0.05) is 37.3 Å². The van der Waals surface area contributed by atoms with Crippen molar-refractivity contribution in [3.05, 3.63) is 54.1 Å². The van der Waals surface area contributed by atoms with Gasteiger partial charge in [-0.25, -0.2) is 4.98 Å². The van der Waals surface area contributed by atoms with Crippen LogP contribution in [0.4, 0.5) is 0 Å². The summed E-state index contributed by atoms with van der Waals surface area (Å²) in [7, 11) is 0. The lowest BCUT2D eigenvalue weighted by molar-refractivity contribution is 0.323. The highest BCUT2D eigenvalue weighted by Gasteiger charge is 2.46. The lowest BCUT2D eigenvalue weighted by Crippen LogP contribution is -2.50. The first-order valence-corrected chi connectivity index (χ1v) is 6.42. The molecule has 0 amide bonds. The van der Waals surface area contributed by atoms with Gasteiger partial charge in [0.1, 0.15) is 0 Å². The third-order valence-electron chi connectivity index (χ3n) is 3.60. The summed E-state index contributed by atoms with van der Waals surface area (Å²) < 4.78 is 0. The Morgan fingerprint density at radius 2 is 2.00 bits per heavy atom. The van der Waals surface area contributed by atoms with Crippen LogP contribution < -0.4 is 5.73 Å². The molecule has 0 radical (unpaired) electrons. The molecule has 18 heavy (non-hydrogen) atoms. The number of hydrogen-bond donors (Lipinski definition) is 2. The summed E-state index contributed by atoms with van der Waals surface area (Å²) in [6.07, 6.45) is 4.08. The van der Waals surface area contributed by atoms with Crippen molar-refractivity contribution in [2.24, 2.45) is 5.73 Å². The average Bonchev–Trinajstić information content (AvgIpc) is 2.93. The number of rotatable bonds is 4. The van der Waals surface area contributed by atoms with Crippen LogP contribution in [0.15, 0.2) is 42.9 Å². The van der Waals surface area contributed by atoms with E-state index in [1.165, 1.54) is 0 Å². The maximum atomic E-state index is 6.86. The van der Waals surface area contributed by atoms with Gasteiger partial charge < -0.3 is 10.7 Å². The van der Waals surface area contributed by atoms with Crippen molar-refractivity contribution in [3.8, 4) is 0 Å². The molecule has 0 saturated carbocycles. The summed E-state index contributed by atoms with van der Waals surface area (Å²) in [5.74, 6) is 0. The van der Waals surface area contributed by atoms with Gasteiger partial charge >= 0.3 is 0 Å². The van der Waals surface area contributed by atoms with Crippen LogP contribution >= 0.6 is 11.6 Å². The fourth-order valence-electron chi connectivity index (χ4n) is 2.33. The molecular formula is C14H18ClN3. The minimum Gasteiger partial charge on any atom is -0.347 e. The van der Waals surface area contributed by atoms with Gasteiger partial charge in [0.05, 0.1) is 22.4 Å².